The summed E-state index contributed by atoms with van der Waals surface area (Å²) in [5, 5.41) is 1.13. The minimum Gasteiger partial charge on any atom is -0.491 e. The molecule has 1 unspecified atom stereocenters. The van der Waals surface area contributed by atoms with Gasteiger partial charge >= 0.3 is 0 Å². The lowest BCUT2D eigenvalue weighted by Crippen LogP contribution is -2.40. The van der Waals surface area contributed by atoms with E-state index in [0.717, 1.165) is 16.7 Å². The van der Waals surface area contributed by atoms with Gasteiger partial charge in [-0.3, -0.25) is 4.79 Å². The molecule has 0 spiro atoms. The van der Waals surface area contributed by atoms with E-state index in [-0.39, 0.29) is 29.6 Å². The van der Waals surface area contributed by atoms with Crippen molar-refractivity contribution in [1.29, 1.82) is 0 Å². The highest BCUT2D eigenvalue weighted by atomic mass is 35.5. The number of carbonyl (C=O) groups excluding carboxylic acids is 1. The smallest absolute Gasteiger partial charge is 0.254 e. The zero-order chi connectivity index (χ0) is 25.2. The Kier molecular flexibility index (Phi) is 7.74. The average Bonchev–Trinajstić information content (AvgIpc) is 3.17. The van der Waals surface area contributed by atoms with E-state index in [1.54, 1.807) is 41.3 Å². The summed E-state index contributed by atoms with van der Waals surface area (Å²) < 4.78 is 30.0. The van der Waals surface area contributed by atoms with Gasteiger partial charge in [0.15, 0.2) is 9.84 Å². The lowest BCUT2D eigenvalue weighted by Gasteiger charge is -2.29. The minimum absolute atomic E-state index is 0.0221. The van der Waals surface area contributed by atoms with Crippen LogP contribution in [0.3, 0.4) is 0 Å². The molecule has 1 fully saturated rings. The van der Waals surface area contributed by atoms with E-state index in [0.29, 0.717) is 34.3 Å². The number of rotatable bonds is 7. The third kappa shape index (κ3) is 6.37. The van der Waals surface area contributed by atoms with Crippen LogP contribution in [0.2, 0.25) is 10.0 Å². The van der Waals surface area contributed by atoms with Crippen molar-refractivity contribution >= 4 is 38.9 Å². The molecule has 3 aromatic carbocycles. The first-order valence-corrected chi connectivity index (χ1v) is 14.0. The van der Waals surface area contributed by atoms with Gasteiger partial charge in [0.25, 0.3) is 5.91 Å². The van der Waals surface area contributed by atoms with E-state index in [1.165, 1.54) is 0 Å². The Hall–Kier alpha value is -2.54. The Morgan fingerprint density at radius 1 is 1.03 bits per heavy atom. The molecular formula is C27H27Cl2NO4S. The van der Waals surface area contributed by atoms with Crippen molar-refractivity contribution in [2.75, 3.05) is 11.5 Å². The van der Waals surface area contributed by atoms with E-state index in [2.05, 4.69) is 0 Å². The van der Waals surface area contributed by atoms with Crippen LogP contribution in [0.5, 0.6) is 5.75 Å². The van der Waals surface area contributed by atoms with Crippen LogP contribution in [0.4, 0.5) is 0 Å². The molecule has 1 saturated heterocycles. The second-order valence-electron chi connectivity index (χ2n) is 9.00. The first-order valence-electron chi connectivity index (χ1n) is 11.4. The highest BCUT2D eigenvalue weighted by Gasteiger charge is 2.35. The van der Waals surface area contributed by atoms with Gasteiger partial charge in [0.1, 0.15) is 5.75 Å². The first kappa shape index (κ1) is 25.5. The molecule has 5 nitrogen and oxygen atoms in total. The SMILES string of the molecule is CC(C)Oc1ccc(C(=O)N(Cc2ccc(-c3ccc(Cl)cc3Cl)cc2)C2CCS(=O)(=O)C2)cc1. The fourth-order valence-electron chi connectivity index (χ4n) is 4.21. The molecular weight excluding hydrogens is 505 g/mol. The van der Waals surface area contributed by atoms with Crippen molar-refractivity contribution in [3.05, 3.63) is 87.9 Å². The zero-order valence-electron chi connectivity index (χ0n) is 19.6. The van der Waals surface area contributed by atoms with Gasteiger partial charge in [0, 0.05) is 33.8 Å². The van der Waals surface area contributed by atoms with Crippen molar-refractivity contribution in [3.63, 3.8) is 0 Å². The number of hydrogen-bond donors (Lipinski definition) is 0. The summed E-state index contributed by atoms with van der Waals surface area (Å²) in [6.45, 7) is 4.18. The molecule has 0 radical (unpaired) electrons. The van der Waals surface area contributed by atoms with Gasteiger partial charge in [0.2, 0.25) is 0 Å². The topological polar surface area (TPSA) is 63.7 Å². The molecule has 0 N–H and O–H groups in total. The fourth-order valence-corrected chi connectivity index (χ4v) is 6.46. The highest BCUT2D eigenvalue weighted by molar-refractivity contribution is 7.91. The monoisotopic (exact) mass is 531 g/mol. The third-order valence-corrected chi connectivity index (χ3v) is 8.23. The maximum absolute atomic E-state index is 13.5. The van der Waals surface area contributed by atoms with Crippen molar-refractivity contribution in [1.82, 2.24) is 4.90 Å². The molecule has 3 aromatic rings. The van der Waals surface area contributed by atoms with Gasteiger partial charge in [-0.25, -0.2) is 8.42 Å². The number of nitrogens with zero attached hydrogens (tertiary/aromatic N) is 1. The number of halogens is 2. The third-order valence-electron chi connectivity index (χ3n) is 5.93. The van der Waals surface area contributed by atoms with E-state index in [9.17, 15) is 13.2 Å². The summed E-state index contributed by atoms with van der Waals surface area (Å²) in [7, 11) is -3.16. The summed E-state index contributed by atoms with van der Waals surface area (Å²) in [5.74, 6) is 0.554. The molecule has 1 aliphatic heterocycles. The van der Waals surface area contributed by atoms with Crippen LogP contribution in [-0.2, 0) is 16.4 Å². The number of ether oxygens (including phenoxy) is 1. The summed E-state index contributed by atoms with van der Waals surface area (Å²) in [4.78, 5) is 15.2. The predicted octanol–water partition coefficient (Wildman–Crippen LogP) is 6.28. The van der Waals surface area contributed by atoms with E-state index in [1.807, 2.05) is 44.2 Å². The number of amides is 1. The van der Waals surface area contributed by atoms with Crippen LogP contribution in [0.15, 0.2) is 66.7 Å². The van der Waals surface area contributed by atoms with Gasteiger partial charge in [0.05, 0.1) is 17.6 Å². The van der Waals surface area contributed by atoms with Gasteiger partial charge in [-0.2, -0.15) is 0 Å². The molecule has 184 valence electrons. The van der Waals surface area contributed by atoms with Crippen LogP contribution >= 0.6 is 23.2 Å². The minimum atomic E-state index is -3.16. The van der Waals surface area contributed by atoms with Crippen LogP contribution < -0.4 is 4.74 Å². The molecule has 1 aliphatic rings. The van der Waals surface area contributed by atoms with Crippen LogP contribution in [0.25, 0.3) is 11.1 Å². The Bertz CT molecular complexity index is 1310. The maximum atomic E-state index is 13.5. The Morgan fingerprint density at radius 3 is 2.29 bits per heavy atom. The molecule has 8 heteroatoms. The first-order chi connectivity index (χ1) is 16.6. The van der Waals surface area contributed by atoms with E-state index < -0.39 is 9.84 Å². The fraction of sp³-hybridized carbons (Fsp3) is 0.296. The quantitative estimate of drug-likeness (QED) is 0.360. The van der Waals surface area contributed by atoms with Crippen molar-refractivity contribution in [3.8, 4) is 16.9 Å². The van der Waals surface area contributed by atoms with Gasteiger partial charge in [-0.15, -0.1) is 0 Å². The molecule has 1 heterocycles. The molecule has 0 aliphatic carbocycles. The van der Waals surface area contributed by atoms with Gasteiger partial charge < -0.3 is 9.64 Å². The second-order valence-corrected chi connectivity index (χ2v) is 12.1. The molecule has 0 bridgehead atoms. The van der Waals surface area contributed by atoms with Gasteiger partial charge in [-0.1, -0.05) is 53.5 Å². The zero-order valence-corrected chi connectivity index (χ0v) is 21.9. The molecule has 35 heavy (non-hydrogen) atoms. The van der Waals surface area contributed by atoms with Crippen LogP contribution in [-0.4, -0.2) is 42.9 Å². The number of carbonyl (C=O) groups is 1. The highest BCUT2D eigenvalue weighted by Crippen LogP contribution is 2.31. The number of benzene rings is 3. The Labute approximate surface area is 216 Å². The second kappa shape index (κ2) is 10.6. The molecule has 4 rings (SSSR count). The maximum Gasteiger partial charge on any atom is 0.254 e. The number of sulfone groups is 1. The largest absolute Gasteiger partial charge is 0.491 e. The summed E-state index contributed by atoms with van der Waals surface area (Å²) in [6, 6.07) is 19.7. The van der Waals surface area contributed by atoms with Crippen molar-refractivity contribution in [2.45, 2.75) is 39.0 Å². The summed E-state index contributed by atoms with van der Waals surface area (Å²) in [5.41, 5.74) is 3.19. The van der Waals surface area contributed by atoms with E-state index >= 15 is 0 Å². The van der Waals surface area contributed by atoms with Crippen molar-refractivity contribution < 1.29 is 17.9 Å². The lowest BCUT2D eigenvalue weighted by atomic mass is 10.0. The standard InChI is InChI=1S/C27H27Cl2NO4S/c1-18(2)34-24-10-7-21(8-11-24)27(31)30(23-13-14-35(32,33)17-23)16-19-3-5-20(6-4-19)25-12-9-22(28)15-26(25)29/h3-12,15,18,23H,13-14,16-17H2,1-2H3. The van der Waals surface area contributed by atoms with Crippen molar-refractivity contribution in [2.24, 2.45) is 0 Å². The molecule has 0 aromatic heterocycles. The predicted molar refractivity (Wildman–Crippen MR) is 141 cm³/mol. The van der Waals surface area contributed by atoms with Crippen LogP contribution in [0, 0.1) is 0 Å². The van der Waals surface area contributed by atoms with Crippen LogP contribution in [0.1, 0.15) is 36.2 Å². The van der Waals surface area contributed by atoms with E-state index in [4.69, 9.17) is 27.9 Å². The summed E-state index contributed by atoms with van der Waals surface area (Å²) in [6.07, 6.45) is 0.462. The Morgan fingerprint density at radius 2 is 1.71 bits per heavy atom. The Balaban J connectivity index is 1.58. The molecule has 0 saturated carbocycles. The lowest BCUT2D eigenvalue weighted by molar-refractivity contribution is 0.0681. The molecule has 1 atom stereocenters. The molecule has 1 amide bonds. The number of hydrogen-bond acceptors (Lipinski definition) is 4. The normalized spacial score (nSPS) is 16.9. The summed E-state index contributed by atoms with van der Waals surface area (Å²) >= 11 is 12.4. The van der Waals surface area contributed by atoms with Gasteiger partial charge in [-0.05, 0) is 67.8 Å². The average molecular weight is 532 g/mol.